The van der Waals surface area contributed by atoms with E-state index in [4.69, 9.17) is 11.5 Å². The Balaban J connectivity index is 1.30. The first-order valence-corrected chi connectivity index (χ1v) is 13.2. The van der Waals surface area contributed by atoms with Gasteiger partial charge < -0.3 is 26.4 Å². The molecule has 1 aliphatic heterocycles. The van der Waals surface area contributed by atoms with Crippen LogP contribution >= 0.6 is 11.3 Å². The van der Waals surface area contributed by atoms with Gasteiger partial charge in [-0.3, -0.25) is 4.79 Å². The zero-order valence-electron chi connectivity index (χ0n) is 21.4. The van der Waals surface area contributed by atoms with Gasteiger partial charge in [0.2, 0.25) is 0 Å². The summed E-state index contributed by atoms with van der Waals surface area (Å²) in [6, 6.07) is 0.312. The molecule has 2 aliphatic rings. The predicted octanol–water partition coefficient (Wildman–Crippen LogP) is 2.76. The highest BCUT2D eigenvalue weighted by Gasteiger charge is 2.48. The van der Waals surface area contributed by atoms with Gasteiger partial charge in [0.1, 0.15) is 22.1 Å². The molecule has 5 rings (SSSR count). The van der Waals surface area contributed by atoms with Crippen molar-refractivity contribution in [1.29, 1.82) is 0 Å². The van der Waals surface area contributed by atoms with Gasteiger partial charge in [0.05, 0.1) is 22.7 Å². The van der Waals surface area contributed by atoms with Crippen molar-refractivity contribution in [3.05, 3.63) is 39.5 Å². The number of carbonyl (C=O) groups is 1. The number of nitrogens with one attached hydrogen (secondary N) is 1. The molecule has 0 radical (unpaired) electrons. The number of pyridine rings is 1. The normalized spacial score (nSPS) is 21.7. The first kappa shape index (κ1) is 26.6. The Bertz CT molecular complexity index is 1400. The van der Waals surface area contributed by atoms with Crippen LogP contribution < -0.4 is 21.7 Å². The zero-order chi connectivity index (χ0) is 27.4. The third-order valence-electron chi connectivity index (χ3n) is 7.29. The van der Waals surface area contributed by atoms with Crippen molar-refractivity contribution in [1.82, 2.24) is 20.3 Å². The number of hydrogen-bond acceptors (Lipinski definition) is 9. The van der Waals surface area contributed by atoms with E-state index in [1.807, 2.05) is 6.92 Å². The fourth-order valence-electron chi connectivity index (χ4n) is 5.47. The highest BCUT2D eigenvalue weighted by molar-refractivity contribution is 7.21. The van der Waals surface area contributed by atoms with E-state index in [0.717, 1.165) is 5.69 Å². The molecule has 9 nitrogen and oxygen atoms in total. The number of halogens is 3. The lowest BCUT2D eigenvalue weighted by Gasteiger charge is -2.27. The molecule has 3 atom stereocenters. The van der Waals surface area contributed by atoms with Crippen LogP contribution in [0.2, 0.25) is 0 Å². The number of hydrogen-bond donors (Lipinski definition) is 3. The maximum Gasteiger partial charge on any atom is 0.276 e. The minimum absolute atomic E-state index is 0.0298. The zero-order valence-corrected chi connectivity index (χ0v) is 22.2. The highest BCUT2D eigenvalue weighted by Crippen LogP contribution is 2.37. The Labute approximate surface area is 221 Å². The van der Waals surface area contributed by atoms with Crippen LogP contribution in [0.25, 0.3) is 10.2 Å². The summed E-state index contributed by atoms with van der Waals surface area (Å²) in [5, 5.41) is 3.69. The number of anilines is 2. The third kappa shape index (κ3) is 4.78. The monoisotopic (exact) mass is 549 g/mol. The Kier molecular flexibility index (Phi) is 6.95. The summed E-state index contributed by atoms with van der Waals surface area (Å²) in [5.41, 5.74) is 14.7. The van der Waals surface area contributed by atoms with Crippen molar-refractivity contribution in [2.24, 2.45) is 11.7 Å². The van der Waals surface area contributed by atoms with Gasteiger partial charge in [-0.15, -0.1) is 11.3 Å². The van der Waals surface area contributed by atoms with Crippen LogP contribution in [-0.4, -0.2) is 65.7 Å². The lowest BCUT2D eigenvalue weighted by Crippen LogP contribution is -2.43. The number of nitrogens with zero attached hydrogens (tertiary/aromatic N) is 4. The molecule has 3 unspecified atom stereocenters. The fourth-order valence-corrected chi connectivity index (χ4v) is 6.56. The van der Waals surface area contributed by atoms with Crippen LogP contribution in [0.3, 0.4) is 0 Å². The Morgan fingerprint density at radius 1 is 1.29 bits per heavy atom. The van der Waals surface area contributed by atoms with E-state index in [-0.39, 0.29) is 30.9 Å². The average Bonchev–Trinajstić information content (AvgIpc) is 3.39. The number of alkyl halides is 2. The summed E-state index contributed by atoms with van der Waals surface area (Å²) >= 11 is 1.22. The fraction of sp³-hybridized carbons (Fsp3) is 0.520. The van der Waals surface area contributed by atoms with Gasteiger partial charge in [0.25, 0.3) is 11.8 Å². The number of nitrogen functional groups attached to an aromatic ring is 1. The molecule has 13 heteroatoms. The average molecular weight is 550 g/mol. The Hall–Kier alpha value is -3.03. The molecular formula is C25H30F3N7O2S. The van der Waals surface area contributed by atoms with Gasteiger partial charge >= 0.3 is 0 Å². The van der Waals surface area contributed by atoms with Crippen molar-refractivity contribution in [2.45, 2.75) is 51.1 Å². The first-order valence-electron chi connectivity index (χ1n) is 12.4. The van der Waals surface area contributed by atoms with E-state index >= 15 is 4.39 Å². The summed E-state index contributed by atoms with van der Waals surface area (Å²) in [7, 11) is 1.21. The van der Waals surface area contributed by atoms with E-state index in [1.54, 1.807) is 6.92 Å². The van der Waals surface area contributed by atoms with Crippen molar-refractivity contribution >= 4 is 39.0 Å². The number of carbonyl (C=O) groups excluding carboxylic acids is 1. The van der Waals surface area contributed by atoms with Crippen molar-refractivity contribution in [3.63, 3.8) is 0 Å². The van der Waals surface area contributed by atoms with Crippen molar-refractivity contribution in [3.8, 4) is 0 Å². The minimum atomic E-state index is -3.12. The quantitative estimate of drug-likeness (QED) is 0.428. The number of amides is 1. The maximum absolute atomic E-state index is 15.2. The molecule has 4 heterocycles. The van der Waals surface area contributed by atoms with E-state index in [1.165, 1.54) is 29.4 Å². The van der Waals surface area contributed by atoms with Crippen LogP contribution in [0.5, 0.6) is 0 Å². The smallest absolute Gasteiger partial charge is 0.276 e. The number of rotatable bonds is 6. The lowest BCUT2D eigenvalue weighted by molar-refractivity contribution is -0.105. The van der Waals surface area contributed by atoms with Crippen LogP contribution in [0.4, 0.5) is 24.7 Å². The van der Waals surface area contributed by atoms with Gasteiger partial charge in [0.15, 0.2) is 11.6 Å². The summed E-state index contributed by atoms with van der Waals surface area (Å²) in [5.74, 6) is -4.56. The number of nitrogens with two attached hydrogens (primary N) is 2. The van der Waals surface area contributed by atoms with Gasteiger partial charge in [0, 0.05) is 38.0 Å². The summed E-state index contributed by atoms with van der Waals surface area (Å²) in [4.78, 5) is 28.8. The van der Waals surface area contributed by atoms with Crippen molar-refractivity contribution in [2.75, 3.05) is 37.4 Å². The van der Waals surface area contributed by atoms with E-state index < -0.39 is 30.3 Å². The molecule has 5 N–H and O–H groups in total. The molecular weight excluding hydrogens is 519 g/mol. The second kappa shape index (κ2) is 9.93. The third-order valence-corrected chi connectivity index (χ3v) is 8.39. The topological polar surface area (TPSA) is 132 Å². The molecule has 38 heavy (non-hydrogen) atoms. The molecule has 1 fully saturated rings. The highest BCUT2D eigenvalue weighted by atomic mass is 32.1. The van der Waals surface area contributed by atoms with Gasteiger partial charge in [-0.25, -0.2) is 28.1 Å². The number of ether oxygens (including phenoxy) is 1. The van der Waals surface area contributed by atoms with Crippen LogP contribution in [-0.2, 0) is 17.6 Å². The molecule has 0 aromatic carbocycles. The molecule has 0 spiro atoms. The molecule has 204 valence electrons. The van der Waals surface area contributed by atoms with Crippen molar-refractivity contribution < 1.29 is 22.7 Å². The summed E-state index contributed by atoms with van der Waals surface area (Å²) < 4.78 is 48.7. The number of aromatic nitrogens is 3. The summed E-state index contributed by atoms with van der Waals surface area (Å²) in [6.07, 6.45) is 1.48. The Morgan fingerprint density at radius 2 is 2.05 bits per heavy atom. The van der Waals surface area contributed by atoms with E-state index in [9.17, 15) is 13.6 Å². The standard InChI is InChI=1S/C25H30F3N7O2S/c1-11-19-20(30)21(38-24(19)32-12(2)31-11)23(36)33-14-4-5-18-13(6-14)7-16(26)22(34-18)35-8-15(17(29)9-35)25(27,28)10-37-3/h7,14-15,17H,4-6,8-10,29-30H2,1-3H3,(H,33,36). The molecule has 3 aromatic rings. The molecule has 1 amide bonds. The van der Waals surface area contributed by atoms with E-state index in [0.29, 0.717) is 57.1 Å². The number of fused-ring (bicyclic) bond motifs is 2. The lowest BCUT2D eigenvalue weighted by atomic mass is 9.91. The second-order valence-electron chi connectivity index (χ2n) is 10.1. The van der Waals surface area contributed by atoms with Crippen LogP contribution in [0.15, 0.2) is 6.07 Å². The van der Waals surface area contributed by atoms with E-state index in [2.05, 4.69) is 25.0 Å². The minimum Gasteiger partial charge on any atom is -0.397 e. The van der Waals surface area contributed by atoms with Crippen LogP contribution in [0, 0.1) is 25.6 Å². The SMILES string of the molecule is COCC(F)(F)C1CN(c2nc3c(cc2F)CC(NC(=O)c2sc4nc(C)nc(C)c4c2N)CC3)CC1N. The maximum atomic E-state index is 15.2. The van der Waals surface area contributed by atoms with Gasteiger partial charge in [-0.2, -0.15) is 0 Å². The van der Waals surface area contributed by atoms with Crippen LogP contribution in [0.1, 0.15) is 38.9 Å². The molecule has 1 aliphatic carbocycles. The first-order chi connectivity index (χ1) is 18.0. The number of methoxy groups -OCH3 is 1. The molecule has 1 saturated heterocycles. The predicted molar refractivity (Wildman–Crippen MR) is 139 cm³/mol. The summed E-state index contributed by atoms with van der Waals surface area (Å²) in [6.45, 7) is 2.83. The molecule has 0 bridgehead atoms. The molecule has 3 aromatic heterocycles. The number of aryl methyl sites for hydroxylation is 3. The number of thiophene rings is 1. The Morgan fingerprint density at radius 3 is 2.79 bits per heavy atom. The second-order valence-corrected chi connectivity index (χ2v) is 11.1. The molecule has 0 saturated carbocycles. The van der Waals surface area contributed by atoms with Gasteiger partial charge in [-0.1, -0.05) is 0 Å². The largest absolute Gasteiger partial charge is 0.397 e. The van der Waals surface area contributed by atoms with Gasteiger partial charge in [-0.05, 0) is 44.7 Å².